The van der Waals surface area contributed by atoms with Crippen LogP contribution < -0.4 is 5.32 Å². The van der Waals surface area contributed by atoms with Crippen LogP contribution >= 0.6 is 11.6 Å². The van der Waals surface area contributed by atoms with Gasteiger partial charge in [0.15, 0.2) is 0 Å². The van der Waals surface area contributed by atoms with Crippen molar-refractivity contribution in [2.75, 3.05) is 6.54 Å². The minimum Gasteiger partial charge on any atom is -0.478 e. The summed E-state index contributed by atoms with van der Waals surface area (Å²) in [4.78, 5) is 11.0. The number of aromatic carboxylic acids is 1. The molecule has 2 N–H and O–H groups in total. The Balaban J connectivity index is 1.71. The summed E-state index contributed by atoms with van der Waals surface area (Å²) in [7, 11) is 0. The van der Waals surface area contributed by atoms with Gasteiger partial charge in [-0.1, -0.05) is 23.7 Å². The van der Waals surface area contributed by atoms with Gasteiger partial charge in [-0.05, 0) is 54.3 Å². The number of alkyl halides is 3. The molecule has 0 saturated heterocycles. The maximum absolute atomic E-state index is 13.0. The van der Waals surface area contributed by atoms with E-state index < -0.39 is 23.1 Å². The number of carboxylic acid groups (broad SMARTS) is 1. The lowest BCUT2D eigenvalue weighted by atomic mass is 9.93. The molecule has 0 atom stereocenters. The summed E-state index contributed by atoms with van der Waals surface area (Å²) < 4.78 is 38.9. The predicted molar refractivity (Wildman–Crippen MR) is 92.5 cm³/mol. The minimum atomic E-state index is -4.40. The van der Waals surface area contributed by atoms with Gasteiger partial charge in [0.05, 0.1) is 11.1 Å². The van der Waals surface area contributed by atoms with Crippen LogP contribution in [0.4, 0.5) is 13.2 Å². The number of nitrogens with one attached hydrogen (secondary N) is 1. The molecular formula is C19H17ClF3NO2. The number of halogens is 4. The van der Waals surface area contributed by atoms with Crippen molar-refractivity contribution in [1.82, 2.24) is 5.32 Å². The fourth-order valence-electron chi connectivity index (χ4n) is 3.06. The highest BCUT2D eigenvalue weighted by Crippen LogP contribution is 2.51. The third-order valence-electron chi connectivity index (χ3n) is 4.69. The van der Waals surface area contributed by atoms with Gasteiger partial charge in [0, 0.05) is 23.5 Å². The average Bonchev–Trinajstić information content (AvgIpc) is 3.35. The summed E-state index contributed by atoms with van der Waals surface area (Å²) in [5.41, 5.74) is 0.420. The van der Waals surface area contributed by atoms with Crippen LogP contribution in [-0.2, 0) is 18.1 Å². The smallest absolute Gasteiger partial charge is 0.416 e. The third-order valence-corrected chi connectivity index (χ3v) is 5.01. The van der Waals surface area contributed by atoms with E-state index in [4.69, 9.17) is 16.7 Å². The molecule has 3 rings (SSSR count). The number of carboxylic acids is 1. The molecule has 0 aromatic heterocycles. The predicted octanol–water partition coefficient (Wildman–Crippen LogP) is 4.88. The molecule has 0 aliphatic heterocycles. The van der Waals surface area contributed by atoms with E-state index in [9.17, 15) is 18.0 Å². The number of hydrogen-bond donors (Lipinski definition) is 2. The van der Waals surface area contributed by atoms with Gasteiger partial charge in [-0.15, -0.1) is 0 Å². The van der Waals surface area contributed by atoms with Crippen LogP contribution in [0, 0.1) is 0 Å². The lowest BCUT2D eigenvalue weighted by Crippen LogP contribution is -2.27. The van der Waals surface area contributed by atoms with Crippen LogP contribution in [0.3, 0.4) is 0 Å². The van der Waals surface area contributed by atoms with Crippen molar-refractivity contribution >= 4 is 17.6 Å². The van der Waals surface area contributed by atoms with Crippen LogP contribution in [0.1, 0.15) is 39.9 Å². The second-order valence-electron chi connectivity index (χ2n) is 6.58. The third kappa shape index (κ3) is 4.02. The Labute approximate surface area is 153 Å². The highest BCUT2D eigenvalue weighted by Gasteiger charge is 2.46. The Kier molecular flexibility index (Phi) is 4.99. The van der Waals surface area contributed by atoms with Crippen LogP contribution in [0.5, 0.6) is 0 Å². The van der Waals surface area contributed by atoms with Crippen LogP contribution in [-0.4, -0.2) is 17.6 Å². The van der Waals surface area contributed by atoms with E-state index in [-0.39, 0.29) is 5.56 Å². The largest absolute Gasteiger partial charge is 0.478 e. The zero-order valence-electron chi connectivity index (χ0n) is 13.7. The fourth-order valence-corrected chi connectivity index (χ4v) is 3.38. The lowest BCUT2D eigenvalue weighted by Gasteiger charge is -2.20. The molecule has 1 saturated carbocycles. The highest BCUT2D eigenvalue weighted by molar-refractivity contribution is 6.31. The molecule has 0 heterocycles. The second kappa shape index (κ2) is 6.93. The van der Waals surface area contributed by atoms with Gasteiger partial charge < -0.3 is 10.4 Å². The molecule has 1 aliphatic rings. The summed E-state index contributed by atoms with van der Waals surface area (Å²) in [6, 6.07) is 9.99. The molecule has 0 bridgehead atoms. The first-order chi connectivity index (χ1) is 12.2. The lowest BCUT2D eigenvalue weighted by molar-refractivity contribution is -0.137. The van der Waals surface area contributed by atoms with Gasteiger partial charge in [-0.3, -0.25) is 0 Å². The molecule has 0 spiro atoms. The minimum absolute atomic E-state index is 0.200. The van der Waals surface area contributed by atoms with Crippen LogP contribution in [0.15, 0.2) is 42.5 Å². The zero-order chi connectivity index (χ0) is 18.9. The topological polar surface area (TPSA) is 49.3 Å². The second-order valence-corrected chi connectivity index (χ2v) is 6.99. The normalized spacial score (nSPS) is 15.7. The Morgan fingerprint density at radius 1 is 1.19 bits per heavy atom. The van der Waals surface area contributed by atoms with Gasteiger partial charge in [-0.2, -0.15) is 13.2 Å². The van der Waals surface area contributed by atoms with Crippen molar-refractivity contribution in [1.29, 1.82) is 0 Å². The standard InChI is InChI=1S/C19H17ClF3NO2/c20-16-5-4-14(19(21,22)23)9-15(16)18(6-7-18)11-24-10-12-2-1-3-13(8-12)17(25)26/h1-5,8-9,24H,6-7,10-11H2,(H,25,26). The van der Waals surface area contributed by atoms with Crippen molar-refractivity contribution in [3.05, 3.63) is 69.7 Å². The van der Waals surface area contributed by atoms with E-state index >= 15 is 0 Å². The molecule has 0 radical (unpaired) electrons. The van der Waals surface area contributed by atoms with Gasteiger partial charge in [0.25, 0.3) is 0 Å². The number of carbonyl (C=O) groups is 1. The molecule has 138 valence electrons. The monoisotopic (exact) mass is 383 g/mol. The van der Waals surface area contributed by atoms with Crippen molar-refractivity contribution in [2.24, 2.45) is 0 Å². The first-order valence-electron chi connectivity index (χ1n) is 8.11. The quantitative estimate of drug-likeness (QED) is 0.747. The molecular weight excluding hydrogens is 367 g/mol. The summed E-state index contributed by atoms with van der Waals surface area (Å²) in [5.74, 6) is -0.999. The molecule has 1 fully saturated rings. The Morgan fingerprint density at radius 3 is 2.54 bits per heavy atom. The summed E-state index contributed by atoms with van der Waals surface area (Å²) in [6.45, 7) is 0.908. The van der Waals surface area contributed by atoms with Crippen LogP contribution in [0.25, 0.3) is 0 Å². The molecule has 0 amide bonds. The van der Waals surface area contributed by atoms with Crippen LogP contribution in [0.2, 0.25) is 5.02 Å². The molecule has 7 heteroatoms. The Hall–Kier alpha value is -2.05. The number of rotatable bonds is 6. The van der Waals surface area contributed by atoms with E-state index in [1.165, 1.54) is 12.1 Å². The fraction of sp³-hybridized carbons (Fsp3) is 0.316. The van der Waals surface area contributed by atoms with Gasteiger partial charge in [0.2, 0.25) is 0 Å². The Morgan fingerprint density at radius 2 is 1.92 bits per heavy atom. The summed E-state index contributed by atoms with van der Waals surface area (Å²) in [5, 5.41) is 12.6. The summed E-state index contributed by atoms with van der Waals surface area (Å²) in [6.07, 6.45) is -2.88. The maximum atomic E-state index is 13.0. The van der Waals surface area contributed by atoms with E-state index in [0.29, 0.717) is 23.7 Å². The number of benzene rings is 2. The number of hydrogen-bond acceptors (Lipinski definition) is 2. The molecule has 1 aliphatic carbocycles. The van der Waals surface area contributed by atoms with Crippen molar-refractivity contribution < 1.29 is 23.1 Å². The van der Waals surface area contributed by atoms with Gasteiger partial charge >= 0.3 is 12.1 Å². The average molecular weight is 384 g/mol. The Bertz CT molecular complexity index is 832. The van der Waals surface area contributed by atoms with Crippen molar-refractivity contribution in [3.8, 4) is 0 Å². The van der Waals surface area contributed by atoms with Crippen molar-refractivity contribution in [2.45, 2.75) is 31.0 Å². The molecule has 2 aromatic rings. The molecule has 2 aromatic carbocycles. The molecule has 26 heavy (non-hydrogen) atoms. The molecule has 0 unspecified atom stereocenters. The maximum Gasteiger partial charge on any atom is 0.416 e. The summed E-state index contributed by atoms with van der Waals surface area (Å²) >= 11 is 6.16. The zero-order valence-corrected chi connectivity index (χ0v) is 14.5. The van der Waals surface area contributed by atoms with E-state index in [1.54, 1.807) is 18.2 Å². The van der Waals surface area contributed by atoms with E-state index in [0.717, 1.165) is 30.5 Å². The van der Waals surface area contributed by atoms with Gasteiger partial charge in [-0.25, -0.2) is 4.79 Å². The van der Waals surface area contributed by atoms with Gasteiger partial charge in [0.1, 0.15) is 0 Å². The highest BCUT2D eigenvalue weighted by atomic mass is 35.5. The van der Waals surface area contributed by atoms with Crippen molar-refractivity contribution in [3.63, 3.8) is 0 Å². The first-order valence-corrected chi connectivity index (χ1v) is 8.49. The van der Waals surface area contributed by atoms with E-state index in [1.807, 2.05) is 0 Å². The van der Waals surface area contributed by atoms with E-state index in [2.05, 4.69) is 5.32 Å². The molecule has 3 nitrogen and oxygen atoms in total. The SMILES string of the molecule is O=C(O)c1cccc(CNCC2(c3cc(C(F)(F)F)ccc3Cl)CC2)c1. The first kappa shape index (κ1) is 18.7.